The van der Waals surface area contributed by atoms with Gasteiger partial charge in [0.2, 0.25) is 10.0 Å². The summed E-state index contributed by atoms with van der Waals surface area (Å²) in [5.41, 5.74) is 2.80. The molecule has 16 heavy (non-hydrogen) atoms. The van der Waals surface area contributed by atoms with Crippen LogP contribution in [0.2, 0.25) is 0 Å². The standard InChI is InChI=1S/C9H15N3O2S2/c13-16(14)5-1-3-12(16)4-2-10-6-9-7-15-8-11-9/h7-8,10H,1-6H2. The first kappa shape index (κ1) is 12.0. The van der Waals surface area contributed by atoms with Crippen LogP contribution in [0.3, 0.4) is 0 Å². The van der Waals surface area contributed by atoms with Crippen LogP contribution in [0.1, 0.15) is 12.1 Å². The Morgan fingerprint density at radius 3 is 3.06 bits per heavy atom. The van der Waals surface area contributed by atoms with E-state index in [9.17, 15) is 8.42 Å². The van der Waals surface area contributed by atoms with E-state index < -0.39 is 10.0 Å². The van der Waals surface area contributed by atoms with Gasteiger partial charge in [-0.15, -0.1) is 11.3 Å². The van der Waals surface area contributed by atoms with Gasteiger partial charge in [-0.25, -0.2) is 17.7 Å². The topological polar surface area (TPSA) is 62.3 Å². The minimum atomic E-state index is -2.94. The summed E-state index contributed by atoms with van der Waals surface area (Å²) in [7, 11) is -2.94. The van der Waals surface area contributed by atoms with Gasteiger partial charge >= 0.3 is 0 Å². The molecule has 90 valence electrons. The smallest absolute Gasteiger partial charge is 0.214 e. The first-order valence-electron chi connectivity index (χ1n) is 5.24. The van der Waals surface area contributed by atoms with Crippen molar-refractivity contribution in [2.75, 3.05) is 25.4 Å². The van der Waals surface area contributed by atoms with E-state index in [1.165, 1.54) is 0 Å². The van der Waals surface area contributed by atoms with Crippen LogP contribution >= 0.6 is 11.3 Å². The Balaban J connectivity index is 1.69. The highest BCUT2D eigenvalue weighted by Gasteiger charge is 2.27. The fourth-order valence-electron chi connectivity index (χ4n) is 1.69. The highest BCUT2D eigenvalue weighted by Crippen LogP contribution is 2.11. The van der Waals surface area contributed by atoms with E-state index in [-0.39, 0.29) is 0 Å². The Morgan fingerprint density at radius 2 is 2.44 bits per heavy atom. The lowest BCUT2D eigenvalue weighted by molar-refractivity contribution is 0.433. The van der Waals surface area contributed by atoms with E-state index in [4.69, 9.17) is 0 Å². The molecule has 2 rings (SSSR count). The normalized spacial score (nSPS) is 20.2. The Labute approximate surface area is 99.5 Å². The first-order chi connectivity index (χ1) is 7.68. The van der Waals surface area contributed by atoms with Gasteiger partial charge in [-0.05, 0) is 6.42 Å². The third kappa shape index (κ3) is 3.00. The second-order valence-electron chi connectivity index (χ2n) is 3.73. The van der Waals surface area contributed by atoms with Gasteiger partial charge in [-0.2, -0.15) is 0 Å². The lowest BCUT2D eigenvalue weighted by atomic mass is 10.4. The zero-order valence-corrected chi connectivity index (χ0v) is 10.6. The fourth-order valence-corrected chi connectivity index (χ4v) is 3.77. The number of rotatable bonds is 5. The van der Waals surface area contributed by atoms with Crippen LogP contribution in [-0.2, 0) is 16.6 Å². The van der Waals surface area contributed by atoms with Gasteiger partial charge in [0, 0.05) is 31.6 Å². The molecule has 0 amide bonds. The first-order valence-corrected chi connectivity index (χ1v) is 7.79. The van der Waals surface area contributed by atoms with Crippen LogP contribution in [0.4, 0.5) is 0 Å². The molecule has 0 aliphatic carbocycles. The van der Waals surface area contributed by atoms with Crippen molar-refractivity contribution in [1.82, 2.24) is 14.6 Å². The molecule has 5 nitrogen and oxygen atoms in total. The summed E-state index contributed by atoms with van der Waals surface area (Å²) in [5, 5.41) is 5.18. The molecule has 0 atom stereocenters. The lowest BCUT2D eigenvalue weighted by Crippen LogP contribution is -2.33. The zero-order chi connectivity index (χ0) is 11.4. The second-order valence-corrected chi connectivity index (χ2v) is 6.53. The van der Waals surface area contributed by atoms with E-state index >= 15 is 0 Å². The van der Waals surface area contributed by atoms with Gasteiger partial charge in [0.05, 0.1) is 17.0 Å². The molecule has 7 heteroatoms. The number of nitrogens with zero attached hydrogens (tertiary/aromatic N) is 2. The largest absolute Gasteiger partial charge is 0.310 e. The van der Waals surface area contributed by atoms with Crippen LogP contribution in [-0.4, -0.2) is 43.1 Å². The van der Waals surface area contributed by atoms with Crippen molar-refractivity contribution in [3.63, 3.8) is 0 Å². The van der Waals surface area contributed by atoms with E-state index in [1.54, 1.807) is 21.2 Å². The number of nitrogens with one attached hydrogen (secondary N) is 1. The molecule has 2 heterocycles. The average Bonchev–Trinajstić information content (AvgIpc) is 2.83. The van der Waals surface area contributed by atoms with Crippen molar-refractivity contribution < 1.29 is 8.42 Å². The van der Waals surface area contributed by atoms with Gasteiger partial charge in [-0.1, -0.05) is 0 Å². The van der Waals surface area contributed by atoms with Gasteiger partial charge in [0.15, 0.2) is 0 Å². The Morgan fingerprint density at radius 1 is 1.56 bits per heavy atom. The molecule has 1 N–H and O–H groups in total. The van der Waals surface area contributed by atoms with E-state index in [1.807, 2.05) is 5.38 Å². The second kappa shape index (κ2) is 5.22. The molecule has 0 radical (unpaired) electrons. The van der Waals surface area contributed by atoms with Crippen LogP contribution in [0.25, 0.3) is 0 Å². The fraction of sp³-hybridized carbons (Fsp3) is 0.667. The van der Waals surface area contributed by atoms with Crippen molar-refractivity contribution in [2.24, 2.45) is 0 Å². The molecule has 1 saturated heterocycles. The number of thiazole rings is 1. The number of hydrogen-bond acceptors (Lipinski definition) is 5. The molecule has 0 aromatic carbocycles. The highest BCUT2D eigenvalue weighted by molar-refractivity contribution is 7.89. The summed E-state index contributed by atoms with van der Waals surface area (Å²) in [5.74, 6) is 0.305. The summed E-state index contributed by atoms with van der Waals surface area (Å²) in [6, 6.07) is 0. The Bertz CT molecular complexity index is 416. The highest BCUT2D eigenvalue weighted by atomic mass is 32.2. The Hall–Kier alpha value is -0.500. The predicted octanol–water partition coefficient (Wildman–Crippen LogP) is 0.268. The number of hydrogen-bond donors (Lipinski definition) is 1. The number of sulfonamides is 1. The summed E-state index contributed by atoms with van der Waals surface area (Å²) < 4.78 is 24.5. The van der Waals surface area contributed by atoms with Crippen molar-refractivity contribution in [2.45, 2.75) is 13.0 Å². The monoisotopic (exact) mass is 261 g/mol. The van der Waals surface area contributed by atoms with Crippen molar-refractivity contribution in [3.8, 4) is 0 Å². The van der Waals surface area contributed by atoms with Crippen LogP contribution in [0.5, 0.6) is 0 Å². The minimum absolute atomic E-state index is 0.305. The molecule has 0 saturated carbocycles. The summed E-state index contributed by atoms with van der Waals surface area (Å²) in [6.45, 7) is 2.61. The zero-order valence-electron chi connectivity index (χ0n) is 8.92. The molecule has 1 aromatic rings. The van der Waals surface area contributed by atoms with Gasteiger partial charge in [0.25, 0.3) is 0 Å². The molecule has 0 spiro atoms. The summed E-state index contributed by atoms with van der Waals surface area (Å²) in [6.07, 6.45) is 0.758. The molecule has 0 unspecified atom stereocenters. The average molecular weight is 261 g/mol. The minimum Gasteiger partial charge on any atom is -0.310 e. The maximum Gasteiger partial charge on any atom is 0.214 e. The van der Waals surface area contributed by atoms with Gasteiger partial charge in [-0.3, -0.25) is 0 Å². The van der Waals surface area contributed by atoms with Gasteiger partial charge < -0.3 is 5.32 Å². The van der Waals surface area contributed by atoms with Crippen LogP contribution in [0, 0.1) is 0 Å². The van der Waals surface area contributed by atoms with Crippen LogP contribution < -0.4 is 5.32 Å². The van der Waals surface area contributed by atoms with Crippen LogP contribution in [0.15, 0.2) is 10.9 Å². The molecule has 1 aliphatic heterocycles. The summed E-state index contributed by atoms with van der Waals surface area (Å²) >= 11 is 1.57. The predicted molar refractivity (Wildman–Crippen MR) is 63.8 cm³/mol. The lowest BCUT2D eigenvalue weighted by Gasteiger charge is -2.13. The van der Waals surface area contributed by atoms with E-state index in [2.05, 4.69) is 10.3 Å². The number of aromatic nitrogens is 1. The van der Waals surface area contributed by atoms with Crippen molar-refractivity contribution in [3.05, 3.63) is 16.6 Å². The molecule has 0 bridgehead atoms. The maximum atomic E-state index is 11.5. The van der Waals surface area contributed by atoms with Gasteiger partial charge in [0.1, 0.15) is 0 Å². The quantitative estimate of drug-likeness (QED) is 0.773. The molecular weight excluding hydrogens is 246 g/mol. The molecule has 1 aliphatic rings. The van der Waals surface area contributed by atoms with Crippen molar-refractivity contribution in [1.29, 1.82) is 0 Å². The SMILES string of the molecule is O=S1(=O)CCCN1CCNCc1cscn1. The van der Waals surface area contributed by atoms with E-state index in [0.29, 0.717) is 31.9 Å². The maximum absolute atomic E-state index is 11.5. The molecule has 1 fully saturated rings. The third-order valence-electron chi connectivity index (χ3n) is 2.53. The van der Waals surface area contributed by atoms with Crippen molar-refractivity contribution >= 4 is 21.4 Å². The van der Waals surface area contributed by atoms with E-state index in [0.717, 1.165) is 12.1 Å². The Kier molecular flexibility index (Phi) is 3.91. The molecular formula is C9H15N3O2S2. The third-order valence-corrected chi connectivity index (χ3v) is 5.12. The summed E-state index contributed by atoms with van der Waals surface area (Å²) in [4.78, 5) is 4.14. The molecule has 1 aromatic heterocycles.